The van der Waals surface area contributed by atoms with Crippen LogP contribution >= 0.6 is 0 Å². The van der Waals surface area contributed by atoms with Gasteiger partial charge in [0.2, 0.25) is 0 Å². The van der Waals surface area contributed by atoms with Crippen LogP contribution in [0.1, 0.15) is 11.3 Å². The van der Waals surface area contributed by atoms with E-state index in [1.54, 1.807) is 13.3 Å². The van der Waals surface area contributed by atoms with Crippen LogP contribution in [0.3, 0.4) is 0 Å². The molecule has 0 radical (unpaired) electrons. The van der Waals surface area contributed by atoms with E-state index in [0.717, 1.165) is 59.8 Å². The first kappa shape index (κ1) is 19.4. The molecule has 4 aromatic rings. The number of aromatic amines is 1. The van der Waals surface area contributed by atoms with Crippen molar-refractivity contribution >= 4 is 16.7 Å². The van der Waals surface area contributed by atoms with Gasteiger partial charge in [0.25, 0.3) is 0 Å². The van der Waals surface area contributed by atoms with Gasteiger partial charge in [-0.1, -0.05) is 12.1 Å². The fourth-order valence-electron chi connectivity index (χ4n) is 4.11. The molecule has 0 spiro atoms. The van der Waals surface area contributed by atoms with Gasteiger partial charge in [0.1, 0.15) is 5.75 Å². The number of aromatic nitrogens is 5. The predicted molar refractivity (Wildman–Crippen MR) is 120 cm³/mol. The van der Waals surface area contributed by atoms with Crippen molar-refractivity contribution in [3.8, 4) is 17.1 Å². The quantitative estimate of drug-likeness (QED) is 0.518. The van der Waals surface area contributed by atoms with Crippen molar-refractivity contribution in [2.75, 3.05) is 31.6 Å². The number of nitrogens with one attached hydrogen (secondary N) is 2. The Balaban J connectivity index is 1.35. The Morgan fingerprint density at radius 1 is 1.19 bits per heavy atom. The van der Waals surface area contributed by atoms with Gasteiger partial charge in [-0.05, 0) is 49.2 Å². The molecule has 31 heavy (non-hydrogen) atoms. The zero-order valence-electron chi connectivity index (χ0n) is 17.7. The number of hydrogen-bond donors (Lipinski definition) is 2. The Hall–Kier alpha value is -3.52. The lowest BCUT2D eigenvalue weighted by Crippen LogP contribution is -2.52. The monoisotopic (exact) mass is 415 g/mol. The van der Waals surface area contributed by atoms with Gasteiger partial charge in [0.15, 0.2) is 11.6 Å². The number of fused-ring (bicyclic) bond motifs is 1. The minimum atomic E-state index is 0.323. The number of piperazine rings is 1. The van der Waals surface area contributed by atoms with E-state index in [1.807, 2.05) is 31.2 Å². The first-order chi connectivity index (χ1) is 15.2. The van der Waals surface area contributed by atoms with Gasteiger partial charge in [-0.3, -0.25) is 5.10 Å². The molecule has 8 heteroatoms. The number of H-pyrrole nitrogens is 1. The maximum absolute atomic E-state index is 5.36. The van der Waals surface area contributed by atoms with E-state index in [2.05, 4.69) is 48.8 Å². The zero-order valence-corrected chi connectivity index (χ0v) is 17.7. The lowest BCUT2D eigenvalue weighted by atomic mass is 10.0. The minimum Gasteiger partial charge on any atom is -0.497 e. The number of aryl methyl sites for hydroxylation is 1. The third-order valence-electron chi connectivity index (χ3n) is 5.75. The molecule has 1 aliphatic heterocycles. The van der Waals surface area contributed by atoms with Gasteiger partial charge in [0.05, 0.1) is 24.5 Å². The van der Waals surface area contributed by atoms with Crippen molar-refractivity contribution in [3.05, 3.63) is 59.9 Å². The molecule has 8 nitrogen and oxygen atoms in total. The van der Waals surface area contributed by atoms with Gasteiger partial charge >= 0.3 is 0 Å². The summed E-state index contributed by atoms with van der Waals surface area (Å²) in [4.78, 5) is 7.11. The molecule has 0 bridgehead atoms. The van der Waals surface area contributed by atoms with Gasteiger partial charge in [-0.2, -0.15) is 10.2 Å². The molecule has 1 aliphatic rings. The summed E-state index contributed by atoms with van der Waals surface area (Å²) < 4.78 is 5.36. The average molecular weight is 416 g/mol. The van der Waals surface area contributed by atoms with Gasteiger partial charge in [-0.15, -0.1) is 5.10 Å². The van der Waals surface area contributed by atoms with E-state index in [1.165, 1.54) is 5.56 Å². The molecular weight excluding hydrogens is 390 g/mol. The van der Waals surface area contributed by atoms with Crippen molar-refractivity contribution in [3.63, 3.8) is 0 Å². The third-order valence-corrected chi connectivity index (χ3v) is 5.75. The predicted octanol–water partition coefficient (Wildman–Crippen LogP) is 2.75. The first-order valence-electron chi connectivity index (χ1n) is 10.5. The Labute approximate surface area is 180 Å². The Kier molecular flexibility index (Phi) is 5.21. The second-order valence-corrected chi connectivity index (χ2v) is 7.86. The minimum absolute atomic E-state index is 0.323. The summed E-state index contributed by atoms with van der Waals surface area (Å²) in [5, 5.41) is 20.5. The van der Waals surface area contributed by atoms with Crippen LogP contribution in [0.25, 0.3) is 22.3 Å². The highest BCUT2D eigenvalue weighted by Crippen LogP contribution is 2.24. The topological polar surface area (TPSA) is 91.9 Å². The van der Waals surface area contributed by atoms with Crippen molar-refractivity contribution in [2.45, 2.75) is 19.4 Å². The lowest BCUT2D eigenvalue weighted by molar-refractivity contribution is 0.413. The van der Waals surface area contributed by atoms with Crippen LogP contribution in [0.2, 0.25) is 0 Å². The van der Waals surface area contributed by atoms with E-state index in [0.29, 0.717) is 11.9 Å². The van der Waals surface area contributed by atoms with Crippen LogP contribution in [-0.2, 0) is 6.42 Å². The third kappa shape index (κ3) is 4.06. The number of rotatable bonds is 5. The lowest BCUT2D eigenvalue weighted by Gasteiger charge is -2.34. The fraction of sp³-hybridized carbons (Fsp3) is 0.304. The summed E-state index contributed by atoms with van der Waals surface area (Å²) in [6, 6.07) is 14.6. The Bertz CT molecular complexity index is 1210. The fourth-order valence-corrected chi connectivity index (χ4v) is 4.11. The highest BCUT2D eigenvalue weighted by Gasteiger charge is 2.22. The molecule has 0 aliphatic carbocycles. The standard InChI is InChI=1S/C23H25N7O/c1-15-20-12-17(6-7-21(20)28-27-15)23-26-22(13-25-29-23)30-9-8-24-18(14-30)10-16-4-3-5-19(11-16)31-2/h3-7,11-13,18,24H,8-10,14H2,1-2H3,(H,27,28). The maximum atomic E-state index is 5.36. The second-order valence-electron chi connectivity index (χ2n) is 7.86. The number of ether oxygens (including phenoxy) is 1. The molecule has 1 unspecified atom stereocenters. The summed E-state index contributed by atoms with van der Waals surface area (Å²) in [7, 11) is 1.70. The van der Waals surface area contributed by atoms with Crippen LogP contribution in [-0.4, -0.2) is 58.2 Å². The highest BCUT2D eigenvalue weighted by atomic mass is 16.5. The number of methoxy groups -OCH3 is 1. The summed E-state index contributed by atoms with van der Waals surface area (Å²) >= 11 is 0. The molecular formula is C23H25N7O. The molecule has 5 rings (SSSR count). The summed E-state index contributed by atoms with van der Waals surface area (Å²) in [6.07, 6.45) is 2.68. The summed E-state index contributed by atoms with van der Waals surface area (Å²) in [6.45, 7) is 4.62. The van der Waals surface area contributed by atoms with E-state index in [9.17, 15) is 0 Å². The van der Waals surface area contributed by atoms with Crippen molar-refractivity contribution in [1.82, 2.24) is 30.7 Å². The summed E-state index contributed by atoms with van der Waals surface area (Å²) in [5.41, 5.74) is 4.16. The molecule has 1 saturated heterocycles. The number of anilines is 1. The number of nitrogens with zero attached hydrogens (tertiary/aromatic N) is 5. The maximum Gasteiger partial charge on any atom is 0.183 e. The molecule has 1 fully saturated rings. The van der Waals surface area contributed by atoms with Crippen molar-refractivity contribution in [1.29, 1.82) is 0 Å². The Morgan fingerprint density at radius 2 is 2.13 bits per heavy atom. The summed E-state index contributed by atoms with van der Waals surface area (Å²) in [5.74, 6) is 2.37. The van der Waals surface area contributed by atoms with Gasteiger partial charge < -0.3 is 15.0 Å². The van der Waals surface area contributed by atoms with Crippen LogP contribution in [0, 0.1) is 6.92 Å². The van der Waals surface area contributed by atoms with Crippen LogP contribution in [0.15, 0.2) is 48.7 Å². The SMILES string of the molecule is COc1cccc(CC2CN(c3cnnc(-c4ccc5[nH]nc(C)c5c4)n3)CCN2)c1. The van der Waals surface area contributed by atoms with Crippen molar-refractivity contribution < 1.29 is 4.74 Å². The normalized spacial score (nSPS) is 16.6. The molecule has 0 amide bonds. The molecule has 2 N–H and O–H groups in total. The van der Waals surface area contributed by atoms with Crippen LogP contribution in [0.5, 0.6) is 5.75 Å². The van der Waals surface area contributed by atoms with E-state index in [4.69, 9.17) is 9.72 Å². The number of benzene rings is 2. The molecule has 0 saturated carbocycles. The molecule has 1 atom stereocenters. The first-order valence-corrected chi connectivity index (χ1v) is 10.5. The Morgan fingerprint density at radius 3 is 3.03 bits per heavy atom. The van der Waals surface area contributed by atoms with E-state index in [-0.39, 0.29) is 0 Å². The molecule has 158 valence electrons. The average Bonchev–Trinajstić information content (AvgIpc) is 3.19. The molecule has 2 aromatic carbocycles. The molecule has 2 aromatic heterocycles. The largest absolute Gasteiger partial charge is 0.497 e. The zero-order chi connectivity index (χ0) is 21.2. The smallest absolute Gasteiger partial charge is 0.183 e. The van der Waals surface area contributed by atoms with E-state index >= 15 is 0 Å². The van der Waals surface area contributed by atoms with E-state index < -0.39 is 0 Å². The second kappa shape index (κ2) is 8.31. The highest BCUT2D eigenvalue weighted by molar-refractivity contribution is 5.85. The molecule has 3 heterocycles. The van der Waals surface area contributed by atoms with Crippen LogP contribution < -0.4 is 15.0 Å². The van der Waals surface area contributed by atoms with Gasteiger partial charge in [0, 0.05) is 36.6 Å². The van der Waals surface area contributed by atoms with Crippen molar-refractivity contribution in [2.24, 2.45) is 0 Å². The number of hydrogen-bond acceptors (Lipinski definition) is 7. The van der Waals surface area contributed by atoms with Crippen LogP contribution in [0.4, 0.5) is 5.82 Å². The van der Waals surface area contributed by atoms with Gasteiger partial charge in [-0.25, -0.2) is 4.98 Å².